The summed E-state index contributed by atoms with van der Waals surface area (Å²) in [5.74, 6) is 0. The summed E-state index contributed by atoms with van der Waals surface area (Å²) in [6, 6.07) is 11.9. The number of pyridine rings is 2. The van der Waals surface area contributed by atoms with Gasteiger partial charge in [0.1, 0.15) is 0 Å². The average Bonchev–Trinajstić information content (AvgIpc) is 2.52. The van der Waals surface area contributed by atoms with E-state index in [0.29, 0.717) is 13.2 Å². The Morgan fingerprint density at radius 2 is 1.00 bits per heavy atom. The van der Waals surface area contributed by atoms with Gasteiger partial charge in [0, 0.05) is 24.3 Å². The Labute approximate surface area is 120 Å². The molecule has 0 bridgehead atoms. The molecule has 0 radical (unpaired) electrons. The van der Waals surface area contributed by atoms with Crippen LogP contribution in [0.2, 0.25) is 0 Å². The summed E-state index contributed by atoms with van der Waals surface area (Å²) in [5.41, 5.74) is 0. The summed E-state index contributed by atoms with van der Waals surface area (Å²) in [6.07, 6.45) is 7.58. The van der Waals surface area contributed by atoms with Crippen LogP contribution in [0.3, 0.4) is 0 Å². The maximum absolute atomic E-state index is 5.91. The van der Waals surface area contributed by atoms with Crippen LogP contribution < -0.4 is 9.13 Å². The third-order valence-electron chi connectivity index (χ3n) is 2.98. The predicted octanol–water partition coefficient (Wildman–Crippen LogP) is 2.03. The van der Waals surface area contributed by atoms with Crippen LogP contribution in [0.15, 0.2) is 61.2 Å². The quantitative estimate of drug-likeness (QED) is 0.722. The minimum Gasteiger partial charge on any atom is -0.314 e. The Balaban J connectivity index is 2.33. The van der Waals surface area contributed by atoms with Crippen molar-refractivity contribution in [1.29, 1.82) is 0 Å². The van der Waals surface area contributed by atoms with Gasteiger partial charge in [-0.3, -0.25) is 0 Å². The van der Waals surface area contributed by atoms with Crippen molar-refractivity contribution >= 4 is 0 Å². The second-order valence-corrected chi connectivity index (χ2v) is 4.34. The third kappa shape index (κ3) is 3.62. The summed E-state index contributed by atoms with van der Waals surface area (Å²) >= 11 is 0. The fraction of sp³-hybridized carbons (Fsp3) is 0.375. The van der Waals surface area contributed by atoms with Gasteiger partial charge in [0.05, 0.1) is 13.2 Å². The van der Waals surface area contributed by atoms with Crippen molar-refractivity contribution in [2.24, 2.45) is 0 Å². The van der Waals surface area contributed by atoms with Crippen molar-refractivity contribution in [3.63, 3.8) is 0 Å². The van der Waals surface area contributed by atoms with Gasteiger partial charge in [-0.15, -0.1) is 0 Å². The van der Waals surface area contributed by atoms with Gasteiger partial charge in [0.15, 0.2) is 24.8 Å². The van der Waals surface area contributed by atoms with Gasteiger partial charge in [-0.05, 0) is 13.8 Å². The van der Waals surface area contributed by atoms with Crippen molar-refractivity contribution in [3.8, 4) is 0 Å². The second kappa shape index (κ2) is 7.72. The first-order valence-corrected chi connectivity index (χ1v) is 7.01. The molecule has 4 nitrogen and oxygen atoms in total. The Morgan fingerprint density at radius 3 is 1.30 bits per heavy atom. The lowest BCUT2D eigenvalue weighted by atomic mass is 10.3. The van der Waals surface area contributed by atoms with Crippen molar-refractivity contribution < 1.29 is 18.6 Å². The third-order valence-corrected chi connectivity index (χ3v) is 2.98. The van der Waals surface area contributed by atoms with E-state index in [1.54, 1.807) is 0 Å². The molecular weight excluding hydrogens is 252 g/mol. The molecule has 0 aliphatic heterocycles. The van der Waals surface area contributed by atoms with Crippen LogP contribution in [-0.4, -0.2) is 13.2 Å². The topological polar surface area (TPSA) is 26.2 Å². The van der Waals surface area contributed by atoms with Crippen molar-refractivity contribution in [1.82, 2.24) is 0 Å². The van der Waals surface area contributed by atoms with Crippen LogP contribution in [0, 0.1) is 0 Å². The highest BCUT2D eigenvalue weighted by molar-refractivity contribution is 4.85. The van der Waals surface area contributed by atoms with E-state index < -0.39 is 0 Å². The van der Waals surface area contributed by atoms with Gasteiger partial charge in [-0.1, -0.05) is 12.1 Å². The lowest BCUT2D eigenvalue weighted by molar-refractivity contribution is -0.870. The molecule has 0 amide bonds. The highest BCUT2D eigenvalue weighted by Crippen LogP contribution is 2.15. The number of ether oxygens (including phenoxy) is 2. The summed E-state index contributed by atoms with van der Waals surface area (Å²) in [6.45, 7) is 5.25. The Kier molecular flexibility index (Phi) is 5.65. The molecule has 106 valence electrons. The zero-order chi connectivity index (χ0) is 14.2. The van der Waals surface area contributed by atoms with Crippen LogP contribution in [0.25, 0.3) is 0 Å². The lowest BCUT2D eigenvalue weighted by Crippen LogP contribution is -2.54. The van der Waals surface area contributed by atoms with Crippen LogP contribution in [0.1, 0.15) is 26.3 Å². The van der Waals surface area contributed by atoms with E-state index in [-0.39, 0.29) is 12.5 Å². The summed E-state index contributed by atoms with van der Waals surface area (Å²) in [4.78, 5) is 0. The van der Waals surface area contributed by atoms with Gasteiger partial charge in [-0.2, -0.15) is 9.13 Å². The van der Waals surface area contributed by atoms with Gasteiger partial charge in [-0.25, -0.2) is 0 Å². The molecule has 0 saturated carbocycles. The zero-order valence-electron chi connectivity index (χ0n) is 12.1. The molecule has 0 aliphatic carbocycles. The standard InChI is InChI=1S/C16H22N2O2/c1-3-19-15(17-11-7-5-8-12-17)16(20-4-2)18-13-9-6-10-14-18/h5-16H,3-4H2,1-2H3/q+2/t15-,16-/m1/s1. The molecule has 4 heteroatoms. The Bertz CT molecular complexity index is 443. The first-order chi connectivity index (χ1) is 9.86. The van der Waals surface area contributed by atoms with Gasteiger partial charge < -0.3 is 9.47 Å². The number of rotatable bonds is 7. The number of hydrogen-bond donors (Lipinski definition) is 0. The highest BCUT2D eigenvalue weighted by Gasteiger charge is 2.38. The molecule has 20 heavy (non-hydrogen) atoms. The summed E-state index contributed by atoms with van der Waals surface area (Å²) in [5, 5.41) is 0. The molecule has 0 N–H and O–H groups in total. The van der Waals surface area contributed by atoms with E-state index in [4.69, 9.17) is 9.47 Å². The van der Waals surface area contributed by atoms with Gasteiger partial charge >= 0.3 is 12.5 Å². The first kappa shape index (κ1) is 14.6. The minimum atomic E-state index is -0.200. The van der Waals surface area contributed by atoms with Gasteiger partial charge in [0.2, 0.25) is 0 Å². The fourth-order valence-corrected chi connectivity index (χ4v) is 2.14. The Hall–Kier alpha value is -1.78. The molecule has 2 aromatic heterocycles. The van der Waals surface area contributed by atoms with Crippen LogP contribution >= 0.6 is 0 Å². The van der Waals surface area contributed by atoms with E-state index in [1.165, 1.54) is 0 Å². The fourth-order valence-electron chi connectivity index (χ4n) is 2.14. The molecule has 2 heterocycles. The van der Waals surface area contributed by atoms with Crippen LogP contribution in [-0.2, 0) is 9.47 Å². The van der Waals surface area contributed by atoms with Crippen LogP contribution in [0.4, 0.5) is 0 Å². The molecule has 2 aromatic rings. The molecule has 2 atom stereocenters. The van der Waals surface area contributed by atoms with Gasteiger partial charge in [0.25, 0.3) is 0 Å². The molecule has 0 fully saturated rings. The van der Waals surface area contributed by atoms with E-state index in [9.17, 15) is 0 Å². The predicted molar refractivity (Wildman–Crippen MR) is 74.6 cm³/mol. The van der Waals surface area contributed by atoms with E-state index in [1.807, 2.05) is 84.2 Å². The van der Waals surface area contributed by atoms with Crippen molar-refractivity contribution in [2.75, 3.05) is 13.2 Å². The zero-order valence-corrected chi connectivity index (χ0v) is 12.1. The SMILES string of the molecule is CCO[C@H]([C@@H](OCC)[n+]1ccccc1)[n+]1ccccc1. The van der Waals surface area contributed by atoms with Crippen LogP contribution in [0.5, 0.6) is 0 Å². The first-order valence-electron chi connectivity index (χ1n) is 7.01. The number of nitrogens with zero attached hydrogens (tertiary/aromatic N) is 2. The van der Waals surface area contributed by atoms with Crippen molar-refractivity contribution in [3.05, 3.63) is 61.2 Å². The molecule has 0 saturated heterocycles. The van der Waals surface area contributed by atoms with E-state index in [2.05, 4.69) is 0 Å². The second-order valence-electron chi connectivity index (χ2n) is 4.34. The smallest absolute Gasteiger partial charge is 0.314 e. The summed E-state index contributed by atoms with van der Waals surface area (Å²) < 4.78 is 15.9. The molecule has 0 spiro atoms. The molecule has 2 rings (SSSR count). The maximum Gasteiger partial charge on any atom is 0.353 e. The minimum absolute atomic E-state index is 0.200. The number of hydrogen-bond acceptors (Lipinski definition) is 2. The largest absolute Gasteiger partial charge is 0.353 e. The maximum atomic E-state index is 5.91. The molecular formula is C16H22N2O2+2. The molecule has 0 unspecified atom stereocenters. The Morgan fingerprint density at radius 1 is 0.650 bits per heavy atom. The average molecular weight is 274 g/mol. The monoisotopic (exact) mass is 274 g/mol. The molecule has 0 aliphatic rings. The lowest BCUT2D eigenvalue weighted by Gasteiger charge is -2.18. The van der Waals surface area contributed by atoms with E-state index in [0.717, 1.165) is 0 Å². The molecule has 0 aromatic carbocycles. The van der Waals surface area contributed by atoms with E-state index >= 15 is 0 Å². The normalized spacial score (nSPS) is 13.9. The summed E-state index contributed by atoms with van der Waals surface area (Å²) in [7, 11) is 0. The number of aromatic nitrogens is 2. The highest BCUT2D eigenvalue weighted by atomic mass is 16.6. The van der Waals surface area contributed by atoms with Crippen molar-refractivity contribution in [2.45, 2.75) is 26.3 Å².